The molecular formula is C21H15ClN4O. The largest absolute Gasteiger partial charge is 0.366 e. The predicted molar refractivity (Wildman–Crippen MR) is 106 cm³/mol. The zero-order valence-electron chi connectivity index (χ0n) is 14.3. The summed E-state index contributed by atoms with van der Waals surface area (Å²) in [5.74, 6) is -0.501. The third-order valence-corrected chi connectivity index (χ3v) is 4.61. The molecule has 4 aromatic rings. The zero-order valence-corrected chi connectivity index (χ0v) is 15.0. The summed E-state index contributed by atoms with van der Waals surface area (Å²) in [5.41, 5.74) is 9.88. The number of rotatable bonds is 4. The highest BCUT2D eigenvalue weighted by Crippen LogP contribution is 2.27. The predicted octanol–water partition coefficient (Wildman–Crippen LogP) is 4.03. The molecular weight excluding hydrogens is 360 g/mol. The van der Waals surface area contributed by atoms with E-state index in [1.165, 1.54) is 0 Å². The van der Waals surface area contributed by atoms with Crippen LogP contribution < -0.4 is 5.73 Å². The van der Waals surface area contributed by atoms with E-state index in [0.717, 1.165) is 22.0 Å². The Morgan fingerprint density at radius 2 is 1.78 bits per heavy atom. The summed E-state index contributed by atoms with van der Waals surface area (Å²) in [6.07, 6.45) is 3.72. The molecule has 0 aliphatic rings. The summed E-state index contributed by atoms with van der Waals surface area (Å²) < 4.78 is 0. The summed E-state index contributed by atoms with van der Waals surface area (Å²) in [6, 6.07) is 17.2. The number of carbonyl (C=O) groups excluding carboxylic acids is 1. The number of nitrogens with two attached hydrogens (primary N) is 1. The summed E-state index contributed by atoms with van der Waals surface area (Å²) >= 11 is 6.11. The fourth-order valence-corrected chi connectivity index (χ4v) is 3.16. The van der Waals surface area contributed by atoms with E-state index in [4.69, 9.17) is 22.3 Å². The smallest absolute Gasteiger partial charge is 0.250 e. The van der Waals surface area contributed by atoms with E-state index >= 15 is 0 Å². The maximum absolute atomic E-state index is 11.9. The summed E-state index contributed by atoms with van der Waals surface area (Å²) in [5, 5.41) is 1.23. The molecule has 0 spiro atoms. The molecule has 5 nitrogen and oxygen atoms in total. The van der Waals surface area contributed by atoms with Crippen molar-refractivity contribution in [1.29, 1.82) is 0 Å². The first-order chi connectivity index (χ1) is 13.1. The Kier molecular flexibility index (Phi) is 4.52. The molecule has 132 valence electrons. The highest BCUT2D eigenvalue weighted by molar-refractivity contribution is 6.30. The van der Waals surface area contributed by atoms with Crippen LogP contribution in [0.5, 0.6) is 0 Å². The topological polar surface area (TPSA) is 81.8 Å². The third-order valence-electron chi connectivity index (χ3n) is 4.29. The monoisotopic (exact) mass is 374 g/mol. The number of benzene rings is 2. The molecule has 6 heteroatoms. The lowest BCUT2D eigenvalue weighted by Gasteiger charge is -2.10. The Bertz CT molecular complexity index is 1150. The van der Waals surface area contributed by atoms with Gasteiger partial charge in [0.05, 0.1) is 22.5 Å². The number of amides is 1. The quantitative estimate of drug-likeness (QED) is 0.584. The van der Waals surface area contributed by atoms with Crippen LogP contribution in [-0.4, -0.2) is 20.9 Å². The number of carbonyl (C=O) groups is 1. The van der Waals surface area contributed by atoms with Crippen LogP contribution in [0.1, 0.15) is 21.6 Å². The summed E-state index contributed by atoms with van der Waals surface area (Å²) in [6.45, 7) is 0. The van der Waals surface area contributed by atoms with E-state index in [0.29, 0.717) is 28.5 Å². The van der Waals surface area contributed by atoms with Crippen molar-refractivity contribution in [3.05, 3.63) is 89.0 Å². The van der Waals surface area contributed by atoms with E-state index < -0.39 is 5.91 Å². The first-order valence-electron chi connectivity index (χ1n) is 8.36. The second kappa shape index (κ2) is 7.13. The van der Waals surface area contributed by atoms with Gasteiger partial charge in [0.1, 0.15) is 0 Å². The summed E-state index contributed by atoms with van der Waals surface area (Å²) in [4.78, 5) is 25.0. The van der Waals surface area contributed by atoms with Crippen LogP contribution >= 0.6 is 11.6 Å². The van der Waals surface area contributed by atoms with Gasteiger partial charge in [-0.15, -0.1) is 0 Å². The van der Waals surface area contributed by atoms with Gasteiger partial charge in [-0.05, 0) is 17.7 Å². The molecule has 0 saturated heterocycles. The molecule has 2 heterocycles. The molecule has 4 rings (SSSR count). The second-order valence-corrected chi connectivity index (χ2v) is 6.47. The lowest BCUT2D eigenvalue weighted by Crippen LogP contribution is -2.13. The molecule has 0 saturated carbocycles. The average Bonchev–Trinajstić information content (AvgIpc) is 2.69. The van der Waals surface area contributed by atoms with Gasteiger partial charge in [0.25, 0.3) is 5.91 Å². The van der Waals surface area contributed by atoms with Gasteiger partial charge in [0.15, 0.2) is 5.15 Å². The van der Waals surface area contributed by atoms with Crippen LogP contribution in [0.2, 0.25) is 5.15 Å². The molecule has 0 bridgehead atoms. The van der Waals surface area contributed by atoms with E-state index in [2.05, 4.69) is 9.97 Å². The molecule has 0 aliphatic heterocycles. The van der Waals surface area contributed by atoms with Crippen LogP contribution in [0, 0.1) is 0 Å². The molecule has 1 amide bonds. The zero-order chi connectivity index (χ0) is 18.8. The van der Waals surface area contributed by atoms with Gasteiger partial charge in [-0.2, -0.15) is 0 Å². The fraction of sp³-hybridized carbons (Fsp3) is 0.0476. The first kappa shape index (κ1) is 17.1. The Hall–Kier alpha value is -3.31. The van der Waals surface area contributed by atoms with Gasteiger partial charge in [0.2, 0.25) is 0 Å². The first-order valence-corrected chi connectivity index (χ1v) is 8.74. The van der Waals surface area contributed by atoms with Crippen molar-refractivity contribution in [2.75, 3.05) is 0 Å². The minimum Gasteiger partial charge on any atom is -0.366 e. The number of nitrogens with zero attached hydrogens (tertiary/aromatic N) is 3. The number of hydrogen-bond donors (Lipinski definition) is 1. The van der Waals surface area contributed by atoms with Gasteiger partial charge in [-0.1, -0.05) is 54.1 Å². The molecule has 0 atom stereocenters. The highest BCUT2D eigenvalue weighted by atomic mass is 35.5. The van der Waals surface area contributed by atoms with Crippen molar-refractivity contribution >= 4 is 28.4 Å². The van der Waals surface area contributed by atoms with Crippen LogP contribution in [0.3, 0.4) is 0 Å². The number of hydrogen-bond acceptors (Lipinski definition) is 4. The minimum atomic E-state index is -0.501. The Balaban J connectivity index is 1.82. The molecule has 0 radical (unpaired) electrons. The van der Waals surface area contributed by atoms with E-state index in [-0.39, 0.29) is 0 Å². The highest BCUT2D eigenvalue weighted by Gasteiger charge is 2.14. The summed E-state index contributed by atoms with van der Waals surface area (Å²) in [7, 11) is 0. The number of fused-ring (bicyclic) bond motifs is 1. The standard InChI is InChI=1S/C21H15ClN4O/c22-20-18(24-8-9-25-20)11-13-6-7-15-12-16(21(23)27)19(26-17(15)10-13)14-4-2-1-3-5-14/h1-10,12H,11H2,(H2,23,27). The molecule has 2 aromatic carbocycles. The Morgan fingerprint density at radius 1 is 1.00 bits per heavy atom. The fourth-order valence-electron chi connectivity index (χ4n) is 2.99. The van der Waals surface area contributed by atoms with Gasteiger partial charge in [-0.25, -0.2) is 9.97 Å². The van der Waals surface area contributed by atoms with E-state index in [9.17, 15) is 4.79 Å². The average molecular weight is 375 g/mol. The second-order valence-electron chi connectivity index (χ2n) is 6.11. The number of aromatic nitrogens is 3. The molecule has 0 unspecified atom stereocenters. The number of primary amides is 1. The lowest BCUT2D eigenvalue weighted by molar-refractivity contribution is 0.100. The molecule has 2 N–H and O–H groups in total. The van der Waals surface area contributed by atoms with Crippen molar-refractivity contribution in [3.8, 4) is 11.3 Å². The van der Waals surface area contributed by atoms with Crippen molar-refractivity contribution in [3.63, 3.8) is 0 Å². The SMILES string of the molecule is NC(=O)c1cc2ccc(Cc3nccnc3Cl)cc2nc1-c1ccccc1. The molecule has 0 aliphatic carbocycles. The number of pyridine rings is 1. The van der Waals surface area contributed by atoms with E-state index in [1.54, 1.807) is 18.5 Å². The van der Waals surface area contributed by atoms with Gasteiger partial charge >= 0.3 is 0 Å². The molecule has 27 heavy (non-hydrogen) atoms. The lowest BCUT2D eigenvalue weighted by atomic mass is 10.0. The van der Waals surface area contributed by atoms with Gasteiger partial charge < -0.3 is 5.73 Å². The van der Waals surface area contributed by atoms with Crippen molar-refractivity contribution in [1.82, 2.24) is 15.0 Å². The molecule has 2 aromatic heterocycles. The van der Waals surface area contributed by atoms with Crippen molar-refractivity contribution in [2.45, 2.75) is 6.42 Å². The van der Waals surface area contributed by atoms with Crippen molar-refractivity contribution in [2.24, 2.45) is 5.73 Å². The van der Waals surface area contributed by atoms with Crippen molar-refractivity contribution < 1.29 is 4.79 Å². The van der Waals surface area contributed by atoms with Gasteiger partial charge in [-0.3, -0.25) is 9.78 Å². The van der Waals surface area contributed by atoms with Crippen LogP contribution in [0.15, 0.2) is 67.0 Å². The number of halogens is 1. The maximum atomic E-state index is 11.9. The Morgan fingerprint density at radius 3 is 2.52 bits per heavy atom. The van der Waals surface area contributed by atoms with Gasteiger partial charge in [0, 0.05) is 29.8 Å². The van der Waals surface area contributed by atoms with E-state index in [1.807, 2.05) is 48.5 Å². The minimum absolute atomic E-state index is 0.389. The normalized spacial score (nSPS) is 10.9. The van der Waals surface area contributed by atoms with Crippen LogP contribution in [-0.2, 0) is 6.42 Å². The Labute approximate surface area is 160 Å². The maximum Gasteiger partial charge on any atom is 0.250 e. The third kappa shape index (κ3) is 3.50. The van der Waals surface area contributed by atoms with Crippen LogP contribution in [0.4, 0.5) is 0 Å². The molecule has 0 fully saturated rings. The van der Waals surface area contributed by atoms with Crippen LogP contribution in [0.25, 0.3) is 22.2 Å².